The fourth-order valence-electron chi connectivity index (χ4n) is 2.04. The zero-order valence-corrected chi connectivity index (χ0v) is 10.2. The third-order valence-electron chi connectivity index (χ3n) is 3.27. The highest BCUT2D eigenvalue weighted by Gasteiger charge is 2.24. The van der Waals surface area contributed by atoms with E-state index in [0.29, 0.717) is 17.2 Å². The fourth-order valence-corrected chi connectivity index (χ4v) is 2.04. The van der Waals surface area contributed by atoms with Crippen LogP contribution >= 0.6 is 0 Å². The average molecular weight is 243 g/mol. The molecule has 0 saturated heterocycles. The number of benzene rings is 1. The molecule has 0 aliphatic heterocycles. The van der Waals surface area contributed by atoms with Crippen LogP contribution in [0.1, 0.15) is 24.5 Å². The number of aromatic nitrogens is 1. The summed E-state index contributed by atoms with van der Waals surface area (Å²) in [6.45, 7) is 0. The van der Waals surface area contributed by atoms with Gasteiger partial charge in [-0.3, -0.25) is 4.98 Å². The Hall–Kier alpha value is -1.90. The van der Waals surface area contributed by atoms with E-state index in [1.165, 1.54) is 26.0 Å². The molecule has 3 rings (SSSR count). The van der Waals surface area contributed by atoms with Gasteiger partial charge in [0.15, 0.2) is 0 Å². The first kappa shape index (κ1) is 11.2. The lowest BCUT2D eigenvalue weighted by Gasteiger charge is -2.06. The first-order chi connectivity index (χ1) is 8.78. The predicted octanol–water partition coefficient (Wildman–Crippen LogP) is 3.77. The van der Waals surface area contributed by atoms with Gasteiger partial charge < -0.3 is 4.74 Å². The van der Waals surface area contributed by atoms with Gasteiger partial charge in [-0.05, 0) is 31.0 Å². The van der Waals surface area contributed by atoms with Gasteiger partial charge in [-0.1, -0.05) is 6.07 Å². The molecule has 1 fully saturated rings. The zero-order chi connectivity index (χ0) is 12.5. The van der Waals surface area contributed by atoms with Crippen LogP contribution in [0.4, 0.5) is 4.39 Å². The highest BCUT2D eigenvalue weighted by molar-refractivity contribution is 5.64. The maximum atomic E-state index is 13.9. The number of pyridine rings is 1. The van der Waals surface area contributed by atoms with Crippen molar-refractivity contribution in [3.05, 3.63) is 48.0 Å². The van der Waals surface area contributed by atoms with Crippen molar-refractivity contribution in [1.29, 1.82) is 0 Å². The summed E-state index contributed by atoms with van der Waals surface area (Å²) in [5.41, 5.74) is 2.48. The molecule has 0 bridgehead atoms. The van der Waals surface area contributed by atoms with Crippen LogP contribution in [-0.4, -0.2) is 12.1 Å². The highest BCUT2D eigenvalue weighted by Crippen LogP contribution is 2.39. The minimum atomic E-state index is -0.282. The van der Waals surface area contributed by atoms with Crippen LogP contribution in [-0.2, 0) is 0 Å². The predicted molar refractivity (Wildman–Crippen MR) is 68.2 cm³/mol. The molecule has 0 spiro atoms. The first-order valence-corrected chi connectivity index (χ1v) is 6.08. The Bertz CT molecular complexity index is 561. The third-order valence-corrected chi connectivity index (χ3v) is 3.27. The monoisotopic (exact) mass is 243 g/mol. The average Bonchev–Trinajstić information content (AvgIpc) is 3.23. The molecular weight excluding hydrogens is 229 g/mol. The van der Waals surface area contributed by atoms with Gasteiger partial charge in [-0.2, -0.15) is 0 Å². The van der Waals surface area contributed by atoms with E-state index in [1.54, 1.807) is 18.3 Å². The second-order valence-electron chi connectivity index (χ2n) is 4.59. The molecule has 0 atom stereocenters. The third kappa shape index (κ3) is 2.08. The summed E-state index contributed by atoms with van der Waals surface area (Å²) in [7, 11) is 1.53. The normalized spacial score (nSPS) is 14.6. The number of nitrogens with zero attached hydrogens (tertiary/aromatic N) is 1. The molecule has 18 heavy (non-hydrogen) atoms. The van der Waals surface area contributed by atoms with Gasteiger partial charge in [0.05, 0.1) is 7.11 Å². The van der Waals surface area contributed by atoms with E-state index in [2.05, 4.69) is 4.98 Å². The van der Waals surface area contributed by atoms with Crippen LogP contribution in [0, 0.1) is 5.82 Å². The molecule has 1 aromatic carbocycles. The van der Waals surface area contributed by atoms with Gasteiger partial charge in [0, 0.05) is 35.0 Å². The van der Waals surface area contributed by atoms with E-state index >= 15 is 0 Å². The van der Waals surface area contributed by atoms with E-state index in [4.69, 9.17) is 4.74 Å². The van der Waals surface area contributed by atoms with Crippen molar-refractivity contribution in [3.8, 4) is 16.9 Å². The van der Waals surface area contributed by atoms with E-state index in [0.717, 1.165) is 11.3 Å². The number of rotatable bonds is 3. The lowest BCUT2D eigenvalue weighted by Crippen LogP contribution is -1.90. The van der Waals surface area contributed by atoms with Crippen LogP contribution in [0.2, 0.25) is 0 Å². The smallest absolute Gasteiger partial charge is 0.134 e. The topological polar surface area (TPSA) is 22.1 Å². The molecule has 0 radical (unpaired) electrons. The Morgan fingerprint density at radius 2 is 2.06 bits per heavy atom. The second-order valence-corrected chi connectivity index (χ2v) is 4.59. The molecule has 1 saturated carbocycles. The van der Waals surface area contributed by atoms with Gasteiger partial charge in [-0.15, -0.1) is 0 Å². The van der Waals surface area contributed by atoms with Gasteiger partial charge in [-0.25, -0.2) is 4.39 Å². The van der Waals surface area contributed by atoms with Gasteiger partial charge in [0.1, 0.15) is 11.6 Å². The summed E-state index contributed by atoms with van der Waals surface area (Å²) in [6, 6.07) is 8.81. The molecule has 92 valence electrons. The van der Waals surface area contributed by atoms with Crippen molar-refractivity contribution in [2.75, 3.05) is 7.11 Å². The van der Waals surface area contributed by atoms with Crippen molar-refractivity contribution in [3.63, 3.8) is 0 Å². The van der Waals surface area contributed by atoms with Crippen molar-refractivity contribution in [2.24, 2.45) is 0 Å². The van der Waals surface area contributed by atoms with E-state index < -0.39 is 0 Å². The van der Waals surface area contributed by atoms with Gasteiger partial charge in [0.2, 0.25) is 0 Å². The second kappa shape index (κ2) is 4.41. The summed E-state index contributed by atoms with van der Waals surface area (Å²) in [5, 5.41) is 0. The molecule has 0 amide bonds. The summed E-state index contributed by atoms with van der Waals surface area (Å²) < 4.78 is 18.9. The summed E-state index contributed by atoms with van der Waals surface area (Å²) in [4.78, 5) is 4.40. The van der Waals surface area contributed by atoms with Crippen molar-refractivity contribution < 1.29 is 9.13 Å². The Morgan fingerprint density at radius 1 is 1.22 bits per heavy atom. The molecule has 0 unspecified atom stereocenters. The number of hydrogen-bond acceptors (Lipinski definition) is 2. The van der Waals surface area contributed by atoms with Crippen molar-refractivity contribution >= 4 is 0 Å². The molecule has 2 aromatic rings. The van der Waals surface area contributed by atoms with E-state index in [1.807, 2.05) is 12.1 Å². The molecule has 3 heteroatoms. The standard InChI is InChI=1S/C15H14FNO/c1-18-12-5-6-13(14(16)8-12)11-4-7-15(17-9-11)10-2-3-10/h4-10H,2-3H2,1H3. The van der Waals surface area contributed by atoms with Crippen LogP contribution in [0.25, 0.3) is 11.1 Å². The fraction of sp³-hybridized carbons (Fsp3) is 0.267. The quantitative estimate of drug-likeness (QED) is 0.818. The SMILES string of the molecule is COc1ccc(-c2ccc(C3CC3)nc2)c(F)c1. The Morgan fingerprint density at radius 3 is 2.61 bits per heavy atom. The molecule has 1 aliphatic carbocycles. The van der Waals surface area contributed by atoms with E-state index in [9.17, 15) is 4.39 Å². The number of ether oxygens (including phenoxy) is 1. The highest BCUT2D eigenvalue weighted by atomic mass is 19.1. The largest absolute Gasteiger partial charge is 0.497 e. The first-order valence-electron chi connectivity index (χ1n) is 6.08. The van der Waals surface area contributed by atoms with Gasteiger partial charge >= 0.3 is 0 Å². The minimum Gasteiger partial charge on any atom is -0.497 e. The lowest BCUT2D eigenvalue weighted by atomic mass is 10.1. The van der Waals surface area contributed by atoms with Crippen LogP contribution in [0.3, 0.4) is 0 Å². The summed E-state index contributed by atoms with van der Waals surface area (Å²) >= 11 is 0. The van der Waals surface area contributed by atoms with E-state index in [-0.39, 0.29) is 5.82 Å². The van der Waals surface area contributed by atoms with Crippen LogP contribution in [0.5, 0.6) is 5.75 Å². The molecule has 1 aliphatic rings. The van der Waals surface area contributed by atoms with Crippen LogP contribution in [0.15, 0.2) is 36.5 Å². The minimum absolute atomic E-state index is 0.282. The zero-order valence-electron chi connectivity index (χ0n) is 10.2. The number of hydrogen-bond donors (Lipinski definition) is 0. The molecule has 0 N–H and O–H groups in total. The number of halogens is 1. The lowest BCUT2D eigenvalue weighted by molar-refractivity contribution is 0.411. The molecule has 2 nitrogen and oxygen atoms in total. The maximum absolute atomic E-state index is 13.9. The van der Waals surface area contributed by atoms with Gasteiger partial charge in [0.25, 0.3) is 0 Å². The Labute approximate surface area is 105 Å². The number of methoxy groups -OCH3 is 1. The maximum Gasteiger partial charge on any atom is 0.134 e. The van der Waals surface area contributed by atoms with Crippen LogP contribution < -0.4 is 4.74 Å². The van der Waals surface area contributed by atoms with Crippen molar-refractivity contribution in [2.45, 2.75) is 18.8 Å². The summed E-state index contributed by atoms with van der Waals surface area (Å²) in [6.07, 6.45) is 4.20. The molecule has 1 heterocycles. The Kier molecular flexibility index (Phi) is 2.74. The molecule has 1 aromatic heterocycles. The Balaban J connectivity index is 1.93. The molecular formula is C15H14FNO. The summed E-state index contributed by atoms with van der Waals surface area (Å²) in [5.74, 6) is 0.869. The van der Waals surface area contributed by atoms with Crippen molar-refractivity contribution in [1.82, 2.24) is 4.98 Å².